The largest absolute Gasteiger partial charge is 0.479 e. The molecular weight excluding hydrogens is 256 g/mol. The van der Waals surface area contributed by atoms with E-state index in [0.717, 1.165) is 11.3 Å². The molecule has 76 valence electrons. The number of benzene rings is 1. The third-order valence-corrected chi connectivity index (χ3v) is 2.51. The van der Waals surface area contributed by atoms with Crippen LogP contribution in [0.15, 0.2) is 41.1 Å². The van der Waals surface area contributed by atoms with E-state index in [4.69, 9.17) is 4.74 Å². The molecule has 0 saturated heterocycles. The van der Waals surface area contributed by atoms with Gasteiger partial charge in [-0.25, -0.2) is 9.97 Å². The van der Waals surface area contributed by atoms with Crippen molar-refractivity contribution in [3.05, 3.63) is 41.1 Å². The van der Waals surface area contributed by atoms with Crippen LogP contribution < -0.4 is 4.74 Å². The van der Waals surface area contributed by atoms with Crippen molar-refractivity contribution in [2.24, 2.45) is 0 Å². The average molecular weight is 265 g/mol. The molecule has 0 atom stereocenters. The van der Waals surface area contributed by atoms with Crippen molar-refractivity contribution in [3.63, 3.8) is 0 Å². The van der Waals surface area contributed by atoms with Crippen molar-refractivity contribution in [3.8, 4) is 17.1 Å². The predicted octanol–water partition coefficient (Wildman–Crippen LogP) is 2.91. The van der Waals surface area contributed by atoms with Gasteiger partial charge in [-0.1, -0.05) is 30.3 Å². The topological polar surface area (TPSA) is 35.0 Å². The van der Waals surface area contributed by atoms with Crippen LogP contribution in [0.2, 0.25) is 0 Å². The first-order valence-electron chi connectivity index (χ1n) is 4.43. The minimum Gasteiger partial charge on any atom is -0.479 e. The molecule has 4 heteroatoms. The first kappa shape index (κ1) is 10.1. The van der Waals surface area contributed by atoms with Gasteiger partial charge in [0.2, 0.25) is 5.88 Å². The summed E-state index contributed by atoms with van der Waals surface area (Å²) < 4.78 is 5.70. The van der Waals surface area contributed by atoms with Crippen molar-refractivity contribution in [1.29, 1.82) is 0 Å². The number of hydrogen-bond acceptors (Lipinski definition) is 3. The quantitative estimate of drug-likeness (QED) is 0.837. The number of halogens is 1. The lowest BCUT2D eigenvalue weighted by atomic mass is 10.2. The van der Waals surface area contributed by atoms with E-state index in [-0.39, 0.29) is 0 Å². The van der Waals surface area contributed by atoms with Crippen LogP contribution in [-0.4, -0.2) is 17.1 Å². The fraction of sp³-hybridized carbons (Fsp3) is 0.0909. The molecule has 0 spiro atoms. The summed E-state index contributed by atoms with van der Waals surface area (Å²) in [6.07, 6.45) is 1.71. The number of hydrogen-bond donors (Lipinski definition) is 0. The summed E-state index contributed by atoms with van der Waals surface area (Å²) in [7, 11) is 1.57. The number of ether oxygens (including phenoxy) is 1. The van der Waals surface area contributed by atoms with E-state index in [1.165, 1.54) is 0 Å². The zero-order valence-corrected chi connectivity index (χ0v) is 9.73. The van der Waals surface area contributed by atoms with Gasteiger partial charge >= 0.3 is 0 Å². The van der Waals surface area contributed by atoms with Gasteiger partial charge < -0.3 is 4.74 Å². The standard InChI is InChI=1S/C11H9BrN2O/c1-15-11-10(12)13-7-9(14-11)8-5-3-2-4-6-8/h2-7H,1H3. The second-order valence-corrected chi connectivity index (χ2v) is 3.67. The summed E-state index contributed by atoms with van der Waals surface area (Å²) in [5, 5.41) is 0. The Morgan fingerprint density at radius 3 is 2.60 bits per heavy atom. The van der Waals surface area contributed by atoms with Crippen molar-refractivity contribution in [2.75, 3.05) is 7.11 Å². The summed E-state index contributed by atoms with van der Waals surface area (Å²) in [6.45, 7) is 0. The lowest BCUT2D eigenvalue weighted by Gasteiger charge is -2.04. The van der Waals surface area contributed by atoms with Crippen LogP contribution in [0.1, 0.15) is 0 Å². The van der Waals surface area contributed by atoms with Crippen molar-refractivity contribution >= 4 is 15.9 Å². The number of aromatic nitrogens is 2. The number of nitrogens with zero attached hydrogens (tertiary/aromatic N) is 2. The summed E-state index contributed by atoms with van der Waals surface area (Å²) in [5.41, 5.74) is 1.83. The van der Waals surface area contributed by atoms with Gasteiger partial charge in [0.1, 0.15) is 0 Å². The third-order valence-electron chi connectivity index (χ3n) is 1.96. The van der Waals surface area contributed by atoms with Gasteiger partial charge in [0, 0.05) is 5.56 Å². The van der Waals surface area contributed by atoms with Gasteiger partial charge in [0.25, 0.3) is 0 Å². The zero-order valence-electron chi connectivity index (χ0n) is 8.14. The number of methoxy groups -OCH3 is 1. The Morgan fingerprint density at radius 1 is 1.20 bits per heavy atom. The highest BCUT2D eigenvalue weighted by atomic mass is 79.9. The van der Waals surface area contributed by atoms with Gasteiger partial charge in [-0.2, -0.15) is 0 Å². The fourth-order valence-electron chi connectivity index (χ4n) is 1.24. The maximum atomic E-state index is 5.09. The minimum absolute atomic E-state index is 0.497. The van der Waals surface area contributed by atoms with Crippen molar-refractivity contribution in [2.45, 2.75) is 0 Å². The summed E-state index contributed by atoms with van der Waals surface area (Å²) >= 11 is 3.26. The Bertz CT molecular complexity index is 459. The highest BCUT2D eigenvalue weighted by Gasteiger charge is 2.05. The Hall–Kier alpha value is -1.42. The molecule has 0 saturated carbocycles. The smallest absolute Gasteiger partial charge is 0.247 e. The molecule has 0 N–H and O–H groups in total. The summed E-state index contributed by atoms with van der Waals surface area (Å²) in [6, 6.07) is 9.86. The Kier molecular flexibility index (Phi) is 2.97. The van der Waals surface area contributed by atoms with Crippen LogP contribution in [0.25, 0.3) is 11.3 Å². The van der Waals surface area contributed by atoms with E-state index < -0.39 is 0 Å². The van der Waals surface area contributed by atoms with Crippen LogP contribution in [0.5, 0.6) is 5.88 Å². The average Bonchev–Trinajstić information content (AvgIpc) is 2.31. The Morgan fingerprint density at radius 2 is 1.93 bits per heavy atom. The predicted molar refractivity (Wildman–Crippen MR) is 61.7 cm³/mol. The number of rotatable bonds is 2. The molecule has 1 heterocycles. The minimum atomic E-state index is 0.497. The third kappa shape index (κ3) is 2.15. The van der Waals surface area contributed by atoms with Crippen LogP contribution in [0.3, 0.4) is 0 Å². The molecule has 0 fully saturated rings. The van der Waals surface area contributed by atoms with E-state index in [0.29, 0.717) is 10.5 Å². The van der Waals surface area contributed by atoms with E-state index in [1.54, 1.807) is 13.3 Å². The molecule has 15 heavy (non-hydrogen) atoms. The van der Waals surface area contributed by atoms with Crippen LogP contribution in [-0.2, 0) is 0 Å². The highest BCUT2D eigenvalue weighted by molar-refractivity contribution is 9.10. The van der Waals surface area contributed by atoms with Gasteiger partial charge in [0.05, 0.1) is 19.0 Å². The molecule has 0 unspecified atom stereocenters. The molecule has 0 aliphatic rings. The van der Waals surface area contributed by atoms with E-state index in [1.807, 2.05) is 30.3 Å². The molecular formula is C11H9BrN2O. The maximum Gasteiger partial charge on any atom is 0.247 e. The SMILES string of the molecule is COc1nc(-c2ccccc2)cnc1Br. The normalized spacial score (nSPS) is 10.0. The van der Waals surface area contributed by atoms with Gasteiger partial charge in [-0.05, 0) is 15.9 Å². The molecule has 0 radical (unpaired) electrons. The molecule has 0 bridgehead atoms. The van der Waals surface area contributed by atoms with E-state index in [2.05, 4.69) is 25.9 Å². The van der Waals surface area contributed by atoms with Crippen LogP contribution >= 0.6 is 15.9 Å². The van der Waals surface area contributed by atoms with Gasteiger partial charge in [-0.3, -0.25) is 0 Å². The van der Waals surface area contributed by atoms with E-state index in [9.17, 15) is 0 Å². The summed E-state index contributed by atoms with van der Waals surface area (Å²) in [4.78, 5) is 8.48. The first-order valence-corrected chi connectivity index (χ1v) is 5.22. The van der Waals surface area contributed by atoms with Crippen LogP contribution in [0.4, 0.5) is 0 Å². The highest BCUT2D eigenvalue weighted by Crippen LogP contribution is 2.23. The lowest BCUT2D eigenvalue weighted by molar-refractivity contribution is 0.393. The molecule has 2 aromatic rings. The molecule has 1 aromatic heterocycles. The fourth-order valence-corrected chi connectivity index (χ4v) is 1.59. The Labute approximate surface area is 96.3 Å². The second-order valence-electron chi connectivity index (χ2n) is 2.92. The molecule has 0 aliphatic heterocycles. The van der Waals surface area contributed by atoms with Crippen molar-refractivity contribution in [1.82, 2.24) is 9.97 Å². The van der Waals surface area contributed by atoms with E-state index >= 15 is 0 Å². The molecule has 1 aromatic carbocycles. The molecule has 0 amide bonds. The second kappa shape index (κ2) is 4.40. The monoisotopic (exact) mass is 264 g/mol. The van der Waals surface area contributed by atoms with Crippen LogP contribution in [0, 0.1) is 0 Å². The molecule has 3 nitrogen and oxygen atoms in total. The van der Waals surface area contributed by atoms with Gasteiger partial charge in [-0.15, -0.1) is 0 Å². The maximum absolute atomic E-state index is 5.09. The summed E-state index contributed by atoms with van der Waals surface area (Å²) in [5.74, 6) is 0.497. The molecule has 0 aliphatic carbocycles. The Balaban J connectivity index is 2.46. The lowest BCUT2D eigenvalue weighted by Crippen LogP contribution is -1.93. The van der Waals surface area contributed by atoms with Gasteiger partial charge in [0.15, 0.2) is 4.60 Å². The molecule has 2 rings (SSSR count). The zero-order chi connectivity index (χ0) is 10.7. The van der Waals surface area contributed by atoms with Crippen molar-refractivity contribution < 1.29 is 4.74 Å². The first-order chi connectivity index (χ1) is 7.31.